The maximum absolute atomic E-state index is 13.3. The van der Waals surface area contributed by atoms with Crippen LogP contribution >= 0.6 is 34.8 Å². The summed E-state index contributed by atoms with van der Waals surface area (Å²) >= 11 is 17.9. The van der Waals surface area contributed by atoms with E-state index in [-0.39, 0.29) is 22.9 Å². The molecule has 2 aromatic rings. The Morgan fingerprint density at radius 1 is 1.12 bits per heavy atom. The first-order chi connectivity index (χ1) is 12.2. The van der Waals surface area contributed by atoms with Crippen molar-refractivity contribution in [1.29, 1.82) is 0 Å². The Morgan fingerprint density at radius 3 is 2.50 bits per heavy atom. The lowest BCUT2D eigenvalue weighted by Gasteiger charge is -2.15. The van der Waals surface area contributed by atoms with Crippen molar-refractivity contribution in [3.63, 3.8) is 0 Å². The summed E-state index contributed by atoms with van der Waals surface area (Å²) in [5.41, 5.74) is -0.149. The predicted octanol–water partition coefficient (Wildman–Crippen LogP) is 7.39. The quantitative estimate of drug-likeness (QED) is 0.350. The SMILES string of the molecule is CCCC(=NOCc1cccc(Cl)c1Cl)c1cc(Cl)ccc1C(F)(F)F. The van der Waals surface area contributed by atoms with Crippen LogP contribution in [0.4, 0.5) is 13.2 Å². The van der Waals surface area contributed by atoms with E-state index in [1.165, 1.54) is 12.1 Å². The highest BCUT2D eigenvalue weighted by atomic mass is 35.5. The third-order valence-corrected chi connectivity index (χ3v) is 4.60. The van der Waals surface area contributed by atoms with E-state index in [0.29, 0.717) is 28.5 Å². The first-order valence-electron chi connectivity index (χ1n) is 7.73. The molecule has 0 unspecified atom stereocenters. The molecule has 0 heterocycles. The lowest BCUT2D eigenvalue weighted by molar-refractivity contribution is -0.137. The zero-order valence-corrected chi connectivity index (χ0v) is 16.0. The maximum atomic E-state index is 13.3. The average Bonchev–Trinajstić information content (AvgIpc) is 2.56. The standard InChI is InChI=1S/C18H15Cl3F3NO/c1-2-4-16(13-9-12(19)7-8-14(13)18(22,23)24)25-26-10-11-5-3-6-15(20)17(11)21/h3,5-9H,2,4,10H2,1H3. The molecular weight excluding hydrogens is 410 g/mol. The molecule has 0 aliphatic heterocycles. The van der Waals surface area contributed by atoms with Gasteiger partial charge in [-0.05, 0) is 30.7 Å². The monoisotopic (exact) mass is 423 g/mol. The molecule has 0 N–H and O–H groups in total. The van der Waals surface area contributed by atoms with Gasteiger partial charge in [0.2, 0.25) is 0 Å². The summed E-state index contributed by atoms with van der Waals surface area (Å²) < 4.78 is 39.9. The molecule has 26 heavy (non-hydrogen) atoms. The van der Waals surface area contributed by atoms with Gasteiger partial charge in [-0.2, -0.15) is 13.2 Å². The van der Waals surface area contributed by atoms with Gasteiger partial charge in [0.05, 0.1) is 21.3 Å². The number of nitrogens with zero attached hydrogens (tertiary/aromatic N) is 1. The lowest BCUT2D eigenvalue weighted by Crippen LogP contribution is -2.14. The molecule has 0 fully saturated rings. The summed E-state index contributed by atoms with van der Waals surface area (Å²) in [5, 5.41) is 4.79. The van der Waals surface area contributed by atoms with Crippen LogP contribution in [0.3, 0.4) is 0 Å². The molecule has 2 rings (SSSR count). The van der Waals surface area contributed by atoms with Gasteiger partial charge in [0.15, 0.2) is 0 Å². The highest BCUT2D eigenvalue weighted by Crippen LogP contribution is 2.34. The summed E-state index contributed by atoms with van der Waals surface area (Å²) in [7, 11) is 0. The highest BCUT2D eigenvalue weighted by Gasteiger charge is 2.34. The molecule has 0 saturated carbocycles. The Labute approximate surface area is 164 Å². The summed E-state index contributed by atoms with van der Waals surface area (Å²) in [4.78, 5) is 5.27. The van der Waals surface area contributed by atoms with Gasteiger partial charge in [0, 0.05) is 16.1 Å². The van der Waals surface area contributed by atoms with Gasteiger partial charge in [-0.3, -0.25) is 0 Å². The Bertz CT molecular complexity index is 807. The fourth-order valence-corrected chi connectivity index (χ4v) is 2.86. The maximum Gasteiger partial charge on any atom is 0.417 e. The van der Waals surface area contributed by atoms with E-state index in [0.717, 1.165) is 6.07 Å². The van der Waals surface area contributed by atoms with Crippen LogP contribution in [0.1, 0.15) is 36.5 Å². The van der Waals surface area contributed by atoms with Crippen LogP contribution in [0.2, 0.25) is 15.1 Å². The molecule has 8 heteroatoms. The number of hydrogen-bond acceptors (Lipinski definition) is 2. The van der Waals surface area contributed by atoms with E-state index in [9.17, 15) is 13.2 Å². The first-order valence-corrected chi connectivity index (χ1v) is 8.86. The molecule has 0 saturated heterocycles. The van der Waals surface area contributed by atoms with Crippen molar-refractivity contribution < 1.29 is 18.0 Å². The van der Waals surface area contributed by atoms with E-state index < -0.39 is 11.7 Å². The summed E-state index contributed by atoms with van der Waals surface area (Å²) in [6.45, 7) is 1.82. The van der Waals surface area contributed by atoms with Gasteiger partial charge < -0.3 is 4.84 Å². The molecule has 2 nitrogen and oxygen atoms in total. The first kappa shape index (κ1) is 20.9. The number of hydrogen-bond donors (Lipinski definition) is 0. The number of rotatable bonds is 6. The number of benzene rings is 2. The molecule has 0 radical (unpaired) electrons. The van der Waals surface area contributed by atoms with Gasteiger partial charge >= 0.3 is 6.18 Å². The minimum atomic E-state index is -4.52. The van der Waals surface area contributed by atoms with Crippen LogP contribution in [0.25, 0.3) is 0 Å². The molecule has 0 aliphatic rings. The molecule has 0 aromatic heterocycles. The second-order valence-corrected chi connectivity index (χ2v) is 6.68. The van der Waals surface area contributed by atoms with Gasteiger partial charge in [-0.25, -0.2) is 0 Å². The van der Waals surface area contributed by atoms with Gasteiger partial charge in [-0.1, -0.05) is 65.4 Å². The van der Waals surface area contributed by atoms with Crippen LogP contribution in [0, 0.1) is 0 Å². The van der Waals surface area contributed by atoms with Crippen LogP contribution in [0.5, 0.6) is 0 Å². The minimum absolute atomic E-state index is 0.0193. The lowest BCUT2D eigenvalue weighted by atomic mass is 9.99. The van der Waals surface area contributed by atoms with Crippen molar-refractivity contribution in [2.45, 2.75) is 32.5 Å². The van der Waals surface area contributed by atoms with Crippen molar-refractivity contribution in [3.05, 3.63) is 68.2 Å². The molecule has 0 amide bonds. The molecule has 140 valence electrons. The van der Waals surface area contributed by atoms with E-state index in [4.69, 9.17) is 39.6 Å². The third kappa shape index (κ3) is 5.29. The number of halogens is 6. The summed E-state index contributed by atoms with van der Waals surface area (Å²) in [6, 6.07) is 8.40. The van der Waals surface area contributed by atoms with E-state index in [2.05, 4.69) is 5.16 Å². The van der Waals surface area contributed by atoms with E-state index >= 15 is 0 Å². The highest BCUT2D eigenvalue weighted by molar-refractivity contribution is 6.42. The van der Waals surface area contributed by atoms with Crippen molar-refractivity contribution in [2.75, 3.05) is 0 Å². The van der Waals surface area contributed by atoms with Crippen LogP contribution in [0.15, 0.2) is 41.6 Å². The van der Waals surface area contributed by atoms with Crippen LogP contribution < -0.4 is 0 Å². The second kappa shape index (κ2) is 8.98. The Balaban J connectivity index is 2.33. The zero-order valence-electron chi connectivity index (χ0n) is 13.7. The van der Waals surface area contributed by atoms with Gasteiger partial charge in [-0.15, -0.1) is 0 Å². The smallest absolute Gasteiger partial charge is 0.391 e. The normalized spacial score (nSPS) is 12.3. The molecule has 0 aliphatic carbocycles. The molecule has 0 spiro atoms. The van der Waals surface area contributed by atoms with Gasteiger partial charge in [0.1, 0.15) is 6.61 Å². The van der Waals surface area contributed by atoms with E-state index in [1.807, 2.05) is 6.92 Å². The zero-order chi connectivity index (χ0) is 19.3. The van der Waals surface area contributed by atoms with Crippen LogP contribution in [-0.4, -0.2) is 5.71 Å². The average molecular weight is 425 g/mol. The molecular formula is C18H15Cl3F3NO. The van der Waals surface area contributed by atoms with Gasteiger partial charge in [0.25, 0.3) is 0 Å². The van der Waals surface area contributed by atoms with Crippen molar-refractivity contribution in [1.82, 2.24) is 0 Å². The largest absolute Gasteiger partial charge is 0.417 e. The minimum Gasteiger partial charge on any atom is -0.391 e. The Kier molecular flexibility index (Phi) is 7.21. The van der Waals surface area contributed by atoms with Crippen LogP contribution in [-0.2, 0) is 17.6 Å². The third-order valence-electron chi connectivity index (χ3n) is 3.51. The fourth-order valence-electron chi connectivity index (χ4n) is 2.31. The summed E-state index contributed by atoms with van der Waals surface area (Å²) in [5.74, 6) is 0. The van der Waals surface area contributed by atoms with Crippen molar-refractivity contribution in [2.24, 2.45) is 5.16 Å². The fraction of sp³-hybridized carbons (Fsp3) is 0.278. The van der Waals surface area contributed by atoms with Crippen molar-refractivity contribution in [3.8, 4) is 0 Å². The van der Waals surface area contributed by atoms with E-state index in [1.54, 1.807) is 18.2 Å². The van der Waals surface area contributed by atoms with Crippen molar-refractivity contribution >= 4 is 40.5 Å². The molecule has 0 atom stereocenters. The predicted molar refractivity (Wildman–Crippen MR) is 99.2 cm³/mol. The Morgan fingerprint density at radius 2 is 1.85 bits per heavy atom. The summed E-state index contributed by atoms with van der Waals surface area (Å²) in [6.07, 6.45) is -3.64. The number of alkyl halides is 3. The Hall–Kier alpha value is -1.43. The number of oxime groups is 1. The second-order valence-electron chi connectivity index (χ2n) is 5.46. The molecule has 2 aromatic carbocycles. The topological polar surface area (TPSA) is 21.6 Å². The molecule has 0 bridgehead atoms.